The maximum absolute atomic E-state index is 13.7. The molecule has 11 N–H and O–H groups in total. The molecular weight excluding hydrogens is 740 g/mol. The number of aliphatic hydroxyl groups is 4. The first-order valence-electron chi connectivity index (χ1n) is 18.8. The molecule has 324 valence electrons. The Balaban J connectivity index is 5.75. The molecule has 0 spiro atoms. The van der Waals surface area contributed by atoms with E-state index < -0.39 is 95.4 Å². The Morgan fingerprint density at radius 1 is 0.571 bits per heavy atom. The molecule has 0 aromatic rings. The van der Waals surface area contributed by atoms with Crippen LogP contribution in [-0.4, -0.2) is 143 Å². The van der Waals surface area contributed by atoms with Crippen LogP contribution in [0.3, 0.4) is 0 Å². The Morgan fingerprint density at radius 2 is 1.00 bits per heavy atom. The fourth-order valence-corrected chi connectivity index (χ4v) is 4.95. The highest BCUT2D eigenvalue weighted by Gasteiger charge is 2.36. The minimum absolute atomic E-state index is 0.0192. The second-order valence-corrected chi connectivity index (χ2v) is 15.3. The number of nitrogens with one attached hydrogen (secondary N) is 5. The molecule has 20 nitrogen and oxygen atoms in total. The third-order valence-electron chi connectivity index (χ3n) is 7.88. The lowest BCUT2D eigenvalue weighted by Gasteiger charge is -2.26. The Kier molecular flexibility index (Phi) is 24.0. The number of methoxy groups -OCH3 is 1. The van der Waals surface area contributed by atoms with Crippen LogP contribution in [0.1, 0.15) is 106 Å². The fraction of sp³-hybridized carbons (Fsp3) is 0.806. The van der Waals surface area contributed by atoms with Crippen molar-refractivity contribution < 1.29 is 68.2 Å². The van der Waals surface area contributed by atoms with E-state index in [1.807, 2.05) is 0 Å². The number of Topliss-reactive ketones (excluding diaryl/α,β-unsaturated/α-hetero) is 1. The summed E-state index contributed by atoms with van der Waals surface area (Å²) in [6.45, 7) is 11.6. The van der Waals surface area contributed by atoms with Gasteiger partial charge < -0.3 is 67.0 Å². The normalized spacial score (nSPS) is 15.4. The number of hydrogen-bond donors (Lipinski definition) is 10. The molecule has 0 saturated heterocycles. The number of carbonyl (C=O) groups excluding carboxylic acids is 7. The molecule has 0 saturated carbocycles. The van der Waals surface area contributed by atoms with Gasteiger partial charge in [0.05, 0.1) is 7.11 Å². The van der Waals surface area contributed by atoms with E-state index in [-0.39, 0.29) is 45.2 Å². The zero-order valence-corrected chi connectivity index (χ0v) is 34.0. The van der Waals surface area contributed by atoms with Crippen LogP contribution in [-0.2, 0) is 38.2 Å². The number of unbranched alkanes of at least 4 members (excludes halogenated alkanes) is 3. The van der Waals surface area contributed by atoms with Crippen LogP contribution in [0, 0.1) is 0 Å². The van der Waals surface area contributed by atoms with Gasteiger partial charge in [-0.3, -0.25) is 19.2 Å². The number of aliphatic hydroxyl groups excluding tert-OH is 4. The van der Waals surface area contributed by atoms with Crippen LogP contribution in [0.5, 0.6) is 0 Å². The Bertz CT molecular complexity index is 1270. The molecule has 0 aliphatic rings. The summed E-state index contributed by atoms with van der Waals surface area (Å²) in [4.78, 5) is 88.1. The van der Waals surface area contributed by atoms with Gasteiger partial charge in [0.25, 0.3) is 5.91 Å². The van der Waals surface area contributed by atoms with Crippen molar-refractivity contribution in [3.8, 4) is 0 Å². The van der Waals surface area contributed by atoms with E-state index in [2.05, 4.69) is 26.6 Å². The molecule has 0 aliphatic heterocycles. The second kappa shape index (κ2) is 25.9. The Morgan fingerprint density at radius 3 is 1.48 bits per heavy atom. The van der Waals surface area contributed by atoms with E-state index in [0.717, 1.165) is 14.0 Å². The summed E-state index contributed by atoms with van der Waals surface area (Å²) in [6.07, 6.45) is -7.41. The number of hydrogen-bond acceptors (Lipinski definition) is 15. The molecule has 0 fully saturated rings. The van der Waals surface area contributed by atoms with Gasteiger partial charge in [-0.2, -0.15) is 0 Å². The van der Waals surface area contributed by atoms with Crippen molar-refractivity contribution in [2.45, 2.75) is 160 Å². The third-order valence-corrected chi connectivity index (χ3v) is 7.88. The molecule has 0 radical (unpaired) electrons. The number of amides is 5. The molecule has 7 unspecified atom stereocenters. The third kappa shape index (κ3) is 22.4. The monoisotopic (exact) mass is 806 g/mol. The molecule has 0 aliphatic carbocycles. The number of ketones is 1. The maximum atomic E-state index is 13.7. The van der Waals surface area contributed by atoms with Gasteiger partial charge in [-0.05, 0) is 113 Å². The lowest BCUT2D eigenvalue weighted by atomic mass is 10.0. The van der Waals surface area contributed by atoms with Crippen LogP contribution < -0.4 is 32.3 Å². The average Bonchev–Trinajstić information content (AvgIpc) is 3.09. The first-order chi connectivity index (χ1) is 25.9. The molecular formula is C36H66N6O14. The minimum Gasteiger partial charge on any atom is -0.467 e. The zero-order valence-electron chi connectivity index (χ0n) is 34.0. The van der Waals surface area contributed by atoms with E-state index in [9.17, 15) is 54.0 Å². The van der Waals surface area contributed by atoms with Gasteiger partial charge in [0.15, 0.2) is 11.9 Å². The fourth-order valence-electron chi connectivity index (χ4n) is 4.95. The number of rotatable bonds is 25. The van der Waals surface area contributed by atoms with E-state index in [0.29, 0.717) is 32.2 Å². The first kappa shape index (κ1) is 51.9. The quantitative estimate of drug-likeness (QED) is 0.0306. The molecule has 7 atom stereocenters. The highest BCUT2D eigenvalue weighted by atomic mass is 16.6. The number of ether oxygens (including phenoxy) is 3. The first-order valence-corrected chi connectivity index (χ1v) is 18.8. The summed E-state index contributed by atoms with van der Waals surface area (Å²) in [7, 11) is 1.12. The number of carbonyl (C=O) groups is 7. The second-order valence-electron chi connectivity index (χ2n) is 15.3. The Labute approximate surface area is 328 Å². The molecule has 0 heterocycles. The van der Waals surface area contributed by atoms with Crippen molar-refractivity contribution in [2.24, 2.45) is 5.73 Å². The Hall–Kier alpha value is -4.11. The predicted octanol–water partition coefficient (Wildman–Crippen LogP) is -0.835. The summed E-state index contributed by atoms with van der Waals surface area (Å²) in [5, 5.41) is 52.3. The molecule has 56 heavy (non-hydrogen) atoms. The van der Waals surface area contributed by atoms with Gasteiger partial charge in [0, 0.05) is 13.1 Å². The molecule has 0 aromatic heterocycles. The number of alkyl carbamates (subject to hydrolysis) is 2. The predicted molar refractivity (Wildman–Crippen MR) is 202 cm³/mol. The van der Waals surface area contributed by atoms with Crippen molar-refractivity contribution in [1.29, 1.82) is 0 Å². The minimum atomic E-state index is -2.17. The van der Waals surface area contributed by atoms with Crippen molar-refractivity contribution in [3.63, 3.8) is 0 Å². The average molecular weight is 807 g/mol. The maximum Gasteiger partial charge on any atom is 0.408 e. The lowest BCUT2D eigenvalue weighted by molar-refractivity contribution is -0.153. The van der Waals surface area contributed by atoms with Gasteiger partial charge in [-0.1, -0.05) is 0 Å². The van der Waals surface area contributed by atoms with E-state index in [1.165, 1.54) is 0 Å². The summed E-state index contributed by atoms with van der Waals surface area (Å²) in [5.74, 6) is -4.18. The van der Waals surface area contributed by atoms with E-state index >= 15 is 0 Å². The largest absolute Gasteiger partial charge is 0.467 e. The highest BCUT2D eigenvalue weighted by molar-refractivity contribution is 5.93. The van der Waals surface area contributed by atoms with Gasteiger partial charge in [-0.15, -0.1) is 0 Å². The molecule has 0 aromatic carbocycles. The highest BCUT2D eigenvalue weighted by Crippen LogP contribution is 2.12. The van der Waals surface area contributed by atoms with E-state index in [4.69, 9.17) is 19.9 Å². The van der Waals surface area contributed by atoms with Crippen LogP contribution in [0.15, 0.2) is 0 Å². The summed E-state index contributed by atoms with van der Waals surface area (Å²) in [6, 6.07) is -3.47. The summed E-state index contributed by atoms with van der Waals surface area (Å²) < 4.78 is 15.4. The van der Waals surface area contributed by atoms with Gasteiger partial charge in [-0.25, -0.2) is 14.4 Å². The van der Waals surface area contributed by atoms with Crippen molar-refractivity contribution in [3.05, 3.63) is 0 Å². The summed E-state index contributed by atoms with van der Waals surface area (Å²) in [5.41, 5.74) is 4.08. The lowest BCUT2D eigenvalue weighted by Crippen LogP contribution is -2.56. The number of esters is 1. The molecule has 0 bridgehead atoms. The topological polar surface area (TPSA) is 314 Å². The smallest absolute Gasteiger partial charge is 0.408 e. The number of nitrogens with two attached hydrogens (primary N) is 1. The standard InChI is InChI=1S/C36H66N6O14/c1-21(43)25(44)26(45)27(46)28(47)31(50)38-19-13-11-17-24(32(51)54-8)41-29(48)22(16-10-14-20-39-33(52)55-35(2,3)4)40-30(49)23(15-9-12-18-37)42-34(53)56-36(5,6)7/h22-28,44-47H,9-20,37H2,1-8H3,(H,38,50)(H,39,52)(H,40,49)(H,41,48)(H,42,53). The van der Waals surface area contributed by atoms with Crippen LogP contribution in [0.25, 0.3) is 0 Å². The van der Waals surface area contributed by atoms with Crippen LogP contribution in [0.2, 0.25) is 0 Å². The molecule has 5 amide bonds. The van der Waals surface area contributed by atoms with Crippen molar-refractivity contribution in [2.75, 3.05) is 26.7 Å². The van der Waals surface area contributed by atoms with Gasteiger partial charge in [0.1, 0.15) is 47.6 Å². The SMILES string of the molecule is COC(=O)C(CCCCNC(=O)C(O)C(O)C(O)C(O)C(C)=O)NC(=O)C(CCCCNC(=O)OC(C)(C)C)NC(=O)C(CCCCN)NC(=O)OC(C)(C)C. The van der Waals surface area contributed by atoms with Crippen molar-refractivity contribution in [1.82, 2.24) is 26.6 Å². The van der Waals surface area contributed by atoms with Crippen molar-refractivity contribution >= 4 is 41.7 Å². The molecule has 0 rings (SSSR count). The van der Waals surface area contributed by atoms with E-state index in [1.54, 1.807) is 41.5 Å². The van der Waals surface area contributed by atoms with Gasteiger partial charge in [0.2, 0.25) is 11.8 Å². The summed E-state index contributed by atoms with van der Waals surface area (Å²) >= 11 is 0. The zero-order chi connectivity index (χ0) is 43.2. The van der Waals surface area contributed by atoms with Gasteiger partial charge >= 0.3 is 18.2 Å². The van der Waals surface area contributed by atoms with Crippen LogP contribution >= 0.6 is 0 Å². The van der Waals surface area contributed by atoms with Crippen LogP contribution in [0.4, 0.5) is 9.59 Å². The molecule has 20 heteroatoms.